The number of nitrogens with zero attached hydrogens (tertiary/aromatic N) is 2. The normalized spacial score (nSPS) is 19.1. The number of hydrogen-bond donors (Lipinski definition) is 2. The Morgan fingerprint density at radius 1 is 1.21 bits per heavy atom. The monoisotopic (exact) mass is 389 g/mol. The molecule has 156 valence electrons. The maximum atomic E-state index is 12.4. The molecule has 0 radical (unpaired) electrons. The summed E-state index contributed by atoms with van der Waals surface area (Å²) in [5.74, 6) is 1.52. The maximum Gasteiger partial charge on any atom is 0.251 e. The maximum absolute atomic E-state index is 12.4. The van der Waals surface area contributed by atoms with Crippen molar-refractivity contribution in [2.24, 2.45) is 5.92 Å². The average molecular weight is 390 g/mol. The highest BCUT2D eigenvalue weighted by Gasteiger charge is 2.17. The number of aryl methyl sites for hydroxylation is 1. The predicted octanol–water partition coefficient (Wildman–Crippen LogP) is 3.08. The van der Waals surface area contributed by atoms with Crippen molar-refractivity contribution in [2.75, 3.05) is 45.9 Å². The first-order valence-corrected chi connectivity index (χ1v) is 10.8. The lowest BCUT2D eigenvalue weighted by atomic mass is 9.93. The number of ether oxygens (including phenoxy) is 1. The van der Waals surface area contributed by atoms with Gasteiger partial charge in [-0.25, -0.2) is 0 Å². The molecule has 2 N–H and O–H groups in total. The first kappa shape index (κ1) is 21.1. The molecule has 28 heavy (non-hydrogen) atoms. The third-order valence-electron chi connectivity index (χ3n) is 5.97. The number of piperidine rings is 1. The number of rotatable bonds is 9. The molecule has 1 aromatic carbocycles. The number of carbonyl (C=O) groups excluding carboxylic acids is 1. The molecule has 6 heteroatoms. The van der Waals surface area contributed by atoms with Crippen LogP contribution in [0.2, 0.25) is 0 Å². The Kier molecular flexibility index (Phi) is 8.13. The van der Waals surface area contributed by atoms with E-state index >= 15 is 0 Å². The molecule has 1 amide bonds. The number of hydroxylamine groups is 2. The Labute approximate surface area is 168 Å². The zero-order valence-electron chi connectivity index (χ0n) is 17.2. The van der Waals surface area contributed by atoms with E-state index in [1.807, 2.05) is 25.1 Å². The summed E-state index contributed by atoms with van der Waals surface area (Å²) in [6.45, 7) is 8.17. The van der Waals surface area contributed by atoms with Crippen molar-refractivity contribution in [3.63, 3.8) is 0 Å². The van der Waals surface area contributed by atoms with Gasteiger partial charge in [0.05, 0.1) is 6.61 Å². The van der Waals surface area contributed by atoms with Crippen LogP contribution in [0.3, 0.4) is 0 Å². The molecule has 2 aliphatic rings. The van der Waals surface area contributed by atoms with E-state index in [1.54, 1.807) is 0 Å². The molecule has 0 spiro atoms. The van der Waals surface area contributed by atoms with Gasteiger partial charge < -0.3 is 20.2 Å². The van der Waals surface area contributed by atoms with Crippen molar-refractivity contribution in [3.05, 3.63) is 29.3 Å². The van der Waals surface area contributed by atoms with Gasteiger partial charge in [-0.1, -0.05) is 0 Å². The lowest BCUT2D eigenvalue weighted by Crippen LogP contribution is -2.33. The molecule has 2 fully saturated rings. The topological polar surface area (TPSA) is 65.0 Å². The average Bonchev–Trinajstić information content (AvgIpc) is 3.20. The zero-order valence-corrected chi connectivity index (χ0v) is 17.2. The second kappa shape index (κ2) is 10.8. The van der Waals surface area contributed by atoms with E-state index in [0.29, 0.717) is 19.1 Å². The smallest absolute Gasteiger partial charge is 0.251 e. The molecule has 3 rings (SSSR count). The van der Waals surface area contributed by atoms with E-state index in [2.05, 4.69) is 10.2 Å². The largest absolute Gasteiger partial charge is 0.494 e. The van der Waals surface area contributed by atoms with Crippen LogP contribution in [0.15, 0.2) is 18.2 Å². The van der Waals surface area contributed by atoms with Gasteiger partial charge >= 0.3 is 0 Å². The molecule has 2 heterocycles. The fourth-order valence-corrected chi connectivity index (χ4v) is 4.18. The summed E-state index contributed by atoms with van der Waals surface area (Å²) < 4.78 is 5.88. The quantitative estimate of drug-likeness (QED) is 0.636. The number of amides is 1. The molecule has 0 aliphatic carbocycles. The van der Waals surface area contributed by atoms with E-state index in [-0.39, 0.29) is 5.91 Å². The molecule has 0 aromatic heterocycles. The predicted molar refractivity (Wildman–Crippen MR) is 110 cm³/mol. The van der Waals surface area contributed by atoms with Gasteiger partial charge in [-0.05, 0) is 88.2 Å². The summed E-state index contributed by atoms with van der Waals surface area (Å²) >= 11 is 0. The minimum absolute atomic E-state index is 0.00141. The van der Waals surface area contributed by atoms with Gasteiger partial charge in [0.1, 0.15) is 5.75 Å². The van der Waals surface area contributed by atoms with Crippen LogP contribution in [0.5, 0.6) is 5.75 Å². The fraction of sp³-hybridized carbons (Fsp3) is 0.682. The highest BCUT2D eigenvalue weighted by Crippen LogP contribution is 2.22. The molecule has 0 unspecified atom stereocenters. The SMILES string of the molecule is Cc1cc(OCCCC2CCN(O)CC2)ccc1C(=O)NCCN1CCCC1. The van der Waals surface area contributed by atoms with Crippen molar-refractivity contribution < 1.29 is 14.7 Å². The molecule has 1 aromatic rings. The van der Waals surface area contributed by atoms with Gasteiger partial charge in [0.15, 0.2) is 0 Å². The van der Waals surface area contributed by atoms with Crippen LogP contribution in [-0.4, -0.2) is 67.0 Å². The second-order valence-electron chi connectivity index (χ2n) is 8.17. The summed E-state index contributed by atoms with van der Waals surface area (Å²) in [6.07, 6.45) is 6.85. The van der Waals surface area contributed by atoms with Gasteiger partial charge in [0.25, 0.3) is 5.91 Å². The Morgan fingerprint density at radius 3 is 2.68 bits per heavy atom. The molecule has 6 nitrogen and oxygen atoms in total. The van der Waals surface area contributed by atoms with Crippen LogP contribution < -0.4 is 10.1 Å². The molecular weight excluding hydrogens is 354 g/mol. The number of benzene rings is 1. The summed E-state index contributed by atoms with van der Waals surface area (Å²) in [6, 6.07) is 5.72. The fourth-order valence-electron chi connectivity index (χ4n) is 4.18. The minimum atomic E-state index is -0.00141. The number of nitrogens with one attached hydrogen (secondary N) is 1. The summed E-state index contributed by atoms with van der Waals surface area (Å²) in [4.78, 5) is 14.8. The molecular formula is C22H35N3O3. The highest BCUT2D eigenvalue weighted by molar-refractivity contribution is 5.95. The van der Waals surface area contributed by atoms with Gasteiger partial charge in [-0.15, -0.1) is 0 Å². The van der Waals surface area contributed by atoms with E-state index in [1.165, 1.54) is 17.9 Å². The van der Waals surface area contributed by atoms with Crippen molar-refractivity contribution in [2.45, 2.75) is 45.4 Å². The molecule has 2 aliphatic heterocycles. The van der Waals surface area contributed by atoms with Crippen LogP contribution in [0.4, 0.5) is 0 Å². The van der Waals surface area contributed by atoms with Crippen LogP contribution >= 0.6 is 0 Å². The van der Waals surface area contributed by atoms with Crippen molar-refractivity contribution in [3.8, 4) is 5.75 Å². The van der Waals surface area contributed by atoms with Crippen LogP contribution in [0.25, 0.3) is 0 Å². The minimum Gasteiger partial charge on any atom is -0.494 e. The van der Waals surface area contributed by atoms with Gasteiger partial charge in [-0.3, -0.25) is 4.79 Å². The van der Waals surface area contributed by atoms with Crippen LogP contribution in [0, 0.1) is 12.8 Å². The first-order valence-electron chi connectivity index (χ1n) is 10.8. The lowest BCUT2D eigenvalue weighted by molar-refractivity contribution is -0.112. The van der Waals surface area contributed by atoms with Crippen LogP contribution in [-0.2, 0) is 0 Å². The Balaban J connectivity index is 1.36. The second-order valence-corrected chi connectivity index (χ2v) is 8.17. The van der Waals surface area contributed by atoms with Gasteiger partial charge in [-0.2, -0.15) is 5.06 Å². The highest BCUT2D eigenvalue weighted by atomic mass is 16.5. The zero-order chi connectivity index (χ0) is 19.8. The summed E-state index contributed by atoms with van der Waals surface area (Å²) in [5.41, 5.74) is 1.68. The number of likely N-dealkylation sites (tertiary alicyclic amines) is 1. The van der Waals surface area contributed by atoms with E-state index in [4.69, 9.17) is 4.74 Å². The van der Waals surface area contributed by atoms with E-state index < -0.39 is 0 Å². The molecule has 0 saturated carbocycles. The Bertz CT molecular complexity index is 623. The van der Waals surface area contributed by atoms with E-state index in [9.17, 15) is 10.0 Å². The van der Waals surface area contributed by atoms with E-state index in [0.717, 1.165) is 75.3 Å². The Morgan fingerprint density at radius 2 is 1.96 bits per heavy atom. The third-order valence-corrected chi connectivity index (χ3v) is 5.97. The third kappa shape index (κ3) is 6.47. The number of carbonyl (C=O) groups is 1. The Hall–Kier alpha value is -1.63. The standard InChI is InChI=1S/C22H35N3O3/c1-18-17-20(28-16-4-5-19-8-13-25(27)14-9-19)6-7-21(18)22(26)23-10-15-24-11-2-3-12-24/h6-7,17,19,27H,2-5,8-16H2,1H3,(H,23,26). The first-order chi connectivity index (χ1) is 13.6. The summed E-state index contributed by atoms with van der Waals surface area (Å²) in [7, 11) is 0. The number of hydrogen-bond acceptors (Lipinski definition) is 5. The van der Waals surface area contributed by atoms with Crippen molar-refractivity contribution in [1.29, 1.82) is 0 Å². The van der Waals surface area contributed by atoms with Crippen LogP contribution in [0.1, 0.15) is 54.4 Å². The molecule has 2 saturated heterocycles. The van der Waals surface area contributed by atoms with Crippen molar-refractivity contribution in [1.82, 2.24) is 15.3 Å². The van der Waals surface area contributed by atoms with Crippen molar-refractivity contribution >= 4 is 5.91 Å². The lowest BCUT2D eigenvalue weighted by Gasteiger charge is -2.27. The molecule has 0 atom stereocenters. The van der Waals surface area contributed by atoms with Gasteiger partial charge in [0, 0.05) is 31.7 Å². The molecule has 0 bridgehead atoms. The van der Waals surface area contributed by atoms with Gasteiger partial charge in [0.2, 0.25) is 0 Å². The summed E-state index contributed by atoms with van der Waals surface area (Å²) in [5, 5.41) is 13.9.